The second-order valence-electron chi connectivity index (χ2n) is 6.82. The third-order valence-electron chi connectivity index (χ3n) is 4.12. The molecule has 5 nitrogen and oxygen atoms in total. The highest BCUT2D eigenvalue weighted by molar-refractivity contribution is 7.17. The molecule has 0 saturated carbocycles. The van der Waals surface area contributed by atoms with Crippen LogP contribution in [0.15, 0.2) is 40.8 Å². The zero-order valence-electron chi connectivity index (χ0n) is 15.4. The summed E-state index contributed by atoms with van der Waals surface area (Å²) in [6.07, 6.45) is 1.19. The average Bonchev–Trinajstić information content (AvgIpc) is 3.01. The molecule has 1 aromatic carbocycles. The van der Waals surface area contributed by atoms with E-state index in [0.29, 0.717) is 16.1 Å². The molecule has 0 radical (unpaired) electrons. The Bertz CT molecular complexity index is 984. The van der Waals surface area contributed by atoms with Crippen molar-refractivity contribution in [3.05, 3.63) is 51.9 Å². The third-order valence-corrected chi connectivity index (χ3v) is 5.00. The van der Waals surface area contributed by atoms with Gasteiger partial charge in [-0.15, -0.1) is 11.3 Å². The van der Waals surface area contributed by atoms with Crippen LogP contribution in [-0.4, -0.2) is 21.6 Å². The normalized spacial score (nSPS) is 11.5. The number of esters is 1. The smallest absolute Gasteiger partial charge is 0.326 e. The first-order valence-corrected chi connectivity index (χ1v) is 9.51. The monoisotopic (exact) mass is 370 g/mol. The van der Waals surface area contributed by atoms with E-state index in [1.165, 1.54) is 27.8 Å². The van der Waals surface area contributed by atoms with Crippen molar-refractivity contribution in [1.82, 2.24) is 9.55 Å². The molecule has 0 fully saturated rings. The van der Waals surface area contributed by atoms with Gasteiger partial charge in [0.25, 0.3) is 5.56 Å². The zero-order chi connectivity index (χ0) is 18.8. The summed E-state index contributed by atoms with van der Waals surface area (Å²) >= 11 is 1.43. The maximum Gasteiger partial charge on any atom is 0.326 e. The Morgan fingerprint density at radius 3 is 2.50 bits per heavy atom. The van der Waals surface area contributed by atoms with E-state index in [2.05, 4.69) is 31.0 Å². The van der Waals surface area contributed by atoms with Crippen LogP contribution in [-0.2, 0) is 16.1 Å². The summed E-state index contributed by atoms with van der Waals surface area (Å²) in [7, 11) is 0. The van der Waals surface area contributed by atoms with Crippen LogP contribution in [0.4, 0.5) is 0 Å². The van der Waals surface area contributed by atoms with Crippen LogP contribution in [0.3, 0.4) is 0 Å². The van der Waals surface area contributed by atoms with Crippen LogP contribution in [0, 0.1) is 0 Å². The van der Waals surface area contributed by atoms with Crippen molar-refractivity contribution in [2.45, 2.75) is 46.3 Å². The molecule has 0 aliphatic heterocycles. The zero-order valence-corrected chi connectivity index (χ0v) is 16.2. The molecule has 0 aliphatic carbocycles. The van der Waals surface area contributed by atoms with E-state index in [1.807, 2.05) is 17.5 Å². The van der Waals surface area contributed by atoms with Crippen molar-refractivity contribution in [2.75, 3.05) is 0 Å². The fourth-order valence-electron chi connectivity index (χ4n) is 2.78. The van der Waals surface area contributed by atoms with E-state index in [-0.39, 0.29) is 18.2 Å². The Hall–Kier alpha value is -2.47. The van der Waals surface area contributed by atoms with Crippen molar-refractivity contribution in [1.29, 1.82) is 0 Å². The van der Waals surface area contributed by atoms with Crippen molar-refractivity contribution < 1.29 is 9.53 Å². The SMILES string of the molecule is CC(C)OC(=O)Cn1cnc2scc(-c3ccc(C(C)C)cc3)c2c1=O. The van der Waals surface area contributed by atoms with Gasteiger partial charge in [0.05, 0.1) is 17.8 Å². The van der Waals surface area contributed by atoms with Gasteiger partial charge in [-0.2, -0.15) is 0 Å². The molecule has 0 N–H and O–H groups in total. The number of fused-ring (bicyclic) bond motifs is 1. The molecule has 3 aromatic rings. The highest BCUT2D eigenvalue weighted by atomic mass is 32.1. The number of thiophene rings is 1. The lowest BCUT2D eigenvalue weighted by atomic mass is 9.99. The fourth-order valence-corrected chi connectivity index (χ4v) is 3.69. The Balaban J connectivity index is 2.01. The topological polar surface area (TPSA) is 61.2 Å². The van der Waals surface area contributed by atoms with E-state index >= 15 is 0 Å². The molecule has 0 unspecified atom stereocenters. The number of ether oxygens (including phenoxy) is 1. The lowest BCUT2D eigenvalue weighted by molar-refractivity contribution is -0.148. The van der Waals surface area contributed by atoms with Crippen LogP contribution in [0.25, 0.3) is 21.3 Å². The van der Waals surface area contributed by atoms with Gasteiger partial charge in [-0.1, -0.05) is 38.1 Å². The number of aromatic nitrogens is 2. The summed E-state index contributed by atoms with van der Waals surface area (Å²) < 4.78 is 6.44. The molecular weight excluding hydrogens is 348 g/mol. The largest absolute Gasteiger partial charge is 0.462 e. The van der Waals surface area contributed by atoms with Gasteiger partial charge in [0.1, 0.15) is 11.4 Å². The van der Waals surface area contributed by atoms with Gasteiger partial charge in [-0.3, -0.25) is 14.2 Å². The molecule has 0 spiro atoms. The number of rotatable bonds is 5. The lowest BCUT2D eigenvalue weighted by Gasteiger charge is -2.09. The molecule has 136 valence electrons. The van der Waals surface area contributed by atoms with Crippen LogP contribution in [0.5, 0.6) is 0 Å². The minimum absolute atomic E-state index is 0.137. The maximum absolute atomic E-state index is 12.9. The van der Waals surface area contributed by atoms with Gasteiger partial charge in [0.2, 0.25) is 0 Å². The second kappa shape index (κ2) is 7.41. The minimum atomic E-state index is -0.443. The van der Waals surface area contributed by atoms with Gasteiger partial charge in [-0.05, 0) is 30.9 Å². The first-order chi connectivity index (χ1) is 12.4. The summed E-state index contributed by atoms with van der Waals surface area (Å²) in [4.78, 5) is 29.8. The van der Waals surface area contributed by atoms with Crippen molar-refractivity contribution in [3.8, 4) is 11.1 Å². The Labute approximate surface area is 156 Å². The number of hydrogen-bond acceptors (Lipinski definition) is 5. The number of carbonyl (C=O) groups excluding carboxylic acids is 1. The summed E-state index contributed by atoms with van der Waals surface area (Å²) in [6.45, 7) is 7.71. The van der Waals surface area contributed by atoms with Gasteiger partial charge >= 0.3 is 5.97 Å². The Morgan fingerprint density at radius 1 is 1.19 bits per heavy atom. The van der Waals surface area contributed by atoms with E-state index < -0.39 is 5.97 Å². The molecule has 2 heterocycles. The quantitative estimate of drug-likeness (QED) is 0.632. The molecule has 3 rings (SSSR count). The number of hydrogen-bond donors (Lipinski definition) is 0. The highest BCUT2D eigenvalue weighted by Gasteiger charge is 2.15. The Kier molecular flexibility index (Phi) is 5.23. The molecule has 6 heteroatoms. The van der Waals surface area contributed by atoms with E-state index in [1.54, 1.807) is 13.8 Å². The molecule has 26 heavy (non-hydrogen) atoms. The third kappa shape index (κ3) is 3.70. The molecular formula is C20H22N2O3S. The fraction of sp³-hybridized carbons (Fsp3) is 0.350. The van der Waals surface area contributed by atoms with E-state index in [4.69, 9.17) is 4.74 Å². The number of nitrogens with zero attached hydrogens (tertiary/aromatic N) is 2. The summed E-state index contributed by atoms with van der Waals surface area (Å²) in [5, 5.41) is 2.49. The standard InChI is InChI=1S/C20H22N2O3S/c1-12(2)14-5-7-15(8-6-14)16-10-26-19-18(16)20(24)22(11-21-19)9-17(23)25-13(3)4/h5-8,10-13H,9H2,1-4H3. The van der Waals surface area contributed by atoms with Gasteiger partial charge in [0.15, 0.2) is 0 Å². The minimum Gasteiger partial charge on any atom is -0.462 e. The predicted molar refractivity (Wildman–Crippen MR) is 105 cm³/mol. The van der Waals surface area contributed by atoms with Crippen molar-refractivity contribution in [3.63, 3.8) is 0 Å². The molecule has 0 bridgehead atoms. The number of benzene rings is 1. The molecule has 0 atom stereocenters. The first kappa shape index (κ1) is 18.3. The lowest BCUT2D eigenvalue weighted by Crippen LogP contribution is -2.26. The summed E-state index contributed by atoms with van der Waals surface area (Å²) in [6, 6.07) is 8.22. The van der Waals surface area contributed by atoms with Gasteiger partial charge in [0, 0.05) is 10.9 Å². The average molecular weight is 370 g/mol. The van der Waals surface area contributed by atoms with Crippen LogP contribution in [0.2, 0.25) is 0 Å². The van der Waals surface area contributed by atoms with Gasteiger partial charge in [-0.25, -0.2) is 4.98 Å². The van der Waals surface area contributed by atoms with Crippen LogP contribution >= 0.6 is 11.3 Å². The molecule has 0 aliphatic rings. The summed E-state index contributed by atoms with van der Waals surface area (Å²) in [5.74, 6) is 0.00967. The van der Waals surface area contributed by atoms with Crippen molar-refractivity contribution >= 4 is 27.5 Å². The van der Waals surface area contributed by atoms with Crippen molar-refractivity contribution in [2.24, 2.45) is 0 Å². The molecule has 2 aromatic heterocycles. The number of carbonyl (C=O) groups is 1. The van der Waals surface area contributed by atoms with E-state index in [9.17, 15) is 9.59 Å². The maximum atomic E-state index is 12.9. The second-order valence-corrected chi connectivity index (χ2v) is 7.68. The van der Waals surface area contributed by atoms with Gasteiger partial charge < -0.3 is 4.74 Å². The molecule has 0 saturated heterocycles. The van der Waals surface area contributed by atoms with Crippen LogP contribution < -0.4 is 5.56 Å². The summed E-state index contributed by atoms with van der Waals surface area (Å²) in [5.41, 5.74) is 2.85. The van der Waals surface area contributed by atoms with Crippen LogP contribution in [0.1, 0.15) is 39.2 Å². The van der Waals surface area contributed by atoms with E-state index in [0.717, 1.165) is 11.1 Å². The molecule has 0 amide bonds. The highest BCUT2D eigenvalue weighted by Crippen LogP contribution is 2.31. The first-order valence-electron chi connectivity index (χ1n) is 8.63. The predicted octanol–water partition coefficient (Wildman–Crippen LogP) is 4.20. The Morgan fingerprint density at radius 2 is 1.88 bits per heavy atom.